The molecule has 0 aliphatic carbocycles. The van der Waals surface area contributed by atoms with Crippen molar-refractivity contribution in [2.24, 2.45) is 5.41 Å². The van der Waals surface area contributed by atoms with E-state index in [1.807, 2.05) is 0 Å². The van der Waals surface area contributed by atoms with Gasteiger partial charge in [-0.15, -0.1) is 0 Å². The van der Waals surface area contributed by atoms with Crippen LogP contribution in [0, 0.1) is 11.8 Å². The largest absolute Gasteiger partial charge is 1.00 e. The fourth-order valence-corrected chi connectivity index (χ4v) is 0.577. The van der Waals surface area contributed by atoms with Crippen LogP contribution in [-0.2, 0) is 0 Å². The molecule has 0 aromatic rings. The number of rotatable bonds is 2. The van der Waals surface area contributed by atoms with Crippen molar-refractivity contribution in [3.05, 3.63) is 6.42 Å². The van der Waals surface area contributed by atoms with Gasteiger partial charge in [-0.25, -0.2) is 0 Å². The Morgan fingerprint density at radius 2 is 1.67 bits per heavy atom. The van der Waals surface area contributed by atoms with Gasteiger partial charge in [0.1, 0.15) is 0 Å². The van der Waals surface area contributed by atoms with Gasteiger partial charge >= 0.3 is 18.9 Å². The Morgan fingerprint density at radius 3 is 1.78 bits per heavy atom. The summed E-state index contributed by atoms with van der Waals surface area (Å²) in [4.78, 5) is 0. The van der Waals surface area contributed by atoms with E-state index in [0.29, 0.717) is 5.41 Å². The first-order chi connectivity index (χ1) is 3.56. The van der Waals surface area contributed by atoms with Gasteiger partial charge < -0.3 is 6.42 Å². The molecule has 0 spiro atoms. The molecule has 0 N–H and O–H groups in total. The normalized spacial score (nSPS) is 10.7. The second-order valence-electron chi connectivity index (χ2n) is 3.36. The molecule has 9 heavy (non-hydrogen) atoms. The molecule has 1 heteroatoms. The number of hydrogen-bond acceptors (Lipinski definition) is 0. The van der Waals surface area contributed by atoms with E-state index in [9.17, 15) is 0 Å². The van der Waals surface area contributed by atoms with E-state index in [-0.39, 0.29) is 18.9 Å². The molecule has 0 atom stereocenters. The van der Waals surface area contributed by atoms with E-state index in [4.69, 9.17) is 0 Å². The van der Waals surface area contributed by atoms with Crippen molar-refractivity contribution in [1.82, 2.24) is 0 Å². The summed E-state index contributed by atoms with van der Waals surface area (Å²) in [6, 6.07) is 0. The summed E-state index contributed by atoms with van der Waals surface area (Å²) >= 11 is 0. The third-order valence-corrected chi connectivity index (χ3v) is 1.05. The van der Waals surface area contributed by atoms with Gasteiger partial charge in [0, 0.05) is 0 Å². The SMILES string of the molecule is CCC[CH-]C(C)(C)C.[Li+]. The first-order valence-electron chi connectivity index (χ1n) is 3.40. The second kappa shape index (κ2) is 5.39. The van der Waals surface area contributed by atoms with Crippen molar-refractivity contribution >= 4 is 0 Å². The Morgan fingerprint density at radius 1 is 1.22 bits per heavy atom. The monoisotopic (exact) mass is 120 g/mol. The van der Waals surface area contributed by atoms with Crippen molar-refractivity contribution in [3.63, 3.8) is 0 Å². The minimum absolute atomic E-state index is 0. The Kier molecular flexibility index (Phi) is 7.36. The van der Waals surface area contributed by atoms with Gasteiger partial charge in [-0.1, -0.05) is 34.1 Å². The van der Waals surface area contributed by atoms with E-state index in [1.165, 1.54) is 12.8 Å². The van der Waals surface area contributed by atoms with Crippen molar-refractivity contribution in [3.8, 4) is 0 Å². The molecule has 0 heterocycles. The fourth-order valence-electron chi connectivity index (χ4n) is 0.577. The van der Waals surface area contributed by atoms with Crippen LogP contribution in [0.1, 0.15) is 40.5 Å². The molecule has 0 nitrogen and oxygen atoms in total. The zero-order chi connectivity index (χ0) is 6.62. The first kappa shape index (κ1) is 12.3. The second-order valence-corrected chi connectivity index (χ2v) is 3.36. The Bertz CT molecular complexity index is 52.1. The minimum atomic E-state index is 0. The first-order valence-corrected chi connectivity index (χ1v) is 3.40. The average molecular weight is 120 g/mol. The third-order valence-electron chi connectivity index (χ3n) is 1.05. The quantitative estimate of drug-likeness (QED) is 0.356. The van der Waals surface area contributed by atoms with Crippen LogP contribution in [0.3, 0.4) is 0 Å². The Balaban J connectivity index is 0. The van der Waals surface area contributed by atoms with E-state index < -0.39 is 0 Å². The summed E-state index contributed by atoms with van der Waals surface area (Å²) in [6.45, 7) is 8.93. The predicted octanol–water partition coefficient (Wildman–Crippen LogP) is 0.0409. The molecule has 0 saturated carbocycles. The van der Waals surface area contributed by atoms with Gasteiger partial charge in [-0.05, 0) is 0 Å². The van der Waals surface area contributed by atoms with Crippen LogP contribution in [0.25, 0.3) is 0 Å². The van der Waals surface area contributed by atoms with Crippen molar-refractivity contribution < 1.29 is 18.9 Å². The van der Waals surface area contributed by atoms with Gasteiger partial charge in [0.25, 0.3) is 0 Å². The standard InChI is InChI=1S/C8H17.Li/c1-5-6-7-8(2,3)4;/h7H,5-6H2,1-4H3;/q-1;+1. The van der Waals surface area contributed by atoms with Gasteiger partial charge in [0.05, 0.1) is 0 Å². The summed E-state index contributed by atoms with van der Waals surface area (Å²) < 4.78 is 0. The summed E-state index contributed by atoms with van der Waals surface area (Å²) in [5, 5.41) is 0. The smallest absolute Gasteiger partial charge is 0.323 e. The Hall–Kier alpha value is 0.597. The zero-order valence-corrected chi connectivity index (χ0v) is 7.49. The summed E-state index contributed by atoms with van der Waals surface area (Å²) in [6.07, 6.45) is 4.90. The van der Waals surface area contributed by atoms with Crippen molar-refractivity contribution in [2.75, 3.05) is 0 Å². The molecule has 0 aromatic heterocycles. The van der Waals surface area contributed by atoms with Crippen LogP contribution < -0.4 is 18.9 Å². The zero-order valence-electron chi connectivity index (χ0n) is 7.49. The molecule has 0 aromatic carbocycles. The maximum absolute atomic E-state index is 2.37. The molecule has 0 unspecified atom stereocenters. The molecule has 0 radical (unpaired) electrons. The molecule has 0 fully saturated rings. The van der Waals surface area contributed by atoms with Crippen LogP contribution in [0.4, 0.5) is 0 Å². The van der Waals surface area contributed by atoms with Crippen LogP contribution >= 0.6 is 0 Å². The molecular formula is C8H17Li. The summed E-state index contributed by atoms with van der Waals surface area (Å²) in [5.74, 6) is 0. The molecule has 0 aliphatic heterocycles. The van der Waals surface area contributed by atoms with E-state index in [0.717, 1.165) is 0 Å². The van der Waals surface area contributed by atoms with Gasteiger partial charge in [0.2, 0.25) is 0 Å². The molecule has 0 saturated heterocycles. The maximum Gasteiger partial charge on any atom is 1.00 e. The molecule has 0 amide bonds. The summed E-state index contributed by atoms with van der Waals surface area (Å²) in [5.41, 5.74) is 0.427. The number of hydrogen-bond donors (Lipinski definition) is 0. The van der Waals surface area contributed by atoms with Gasteiger partial charge in [0.15, 0.2) is 0 Å². The predicted molar refractivity (Wildman–Crippen MR) is 38.7 cm³/mol. The van der Waals surface area contributed by atoms with Crippen LogP contribution in [0.15, 0.2) is 0 Å². The van der Waals surface area contributed by atoms with E-state index in [2.05, 4.69) is 34.1 Å². The maximum atomic E-state index is 2.37. The van der Waals surface area contributed by atoms with Gasteiger partial charge in [-0.3, -0.25) is 0 Å². The van der Waals surface area contributed by atoms with Gasteiger partial charge in [-0.2, -0.15) is 11.8 Å². The van der Waals surface area contributed by atoms with Crippen LogP contribution in [-0.4, -0.2) is 0 Å². The average Bonchev–Trinajstić information content (AvgIpc) is 1.59. The molecule has 0 bridgehead atoms. The third kappa shape index (κ3) is 11.9. The Labute approximate surface area is 71.6 Å². The molecular weight excluding hydrogens is 103 g/mol. The van der Waals surface area contributed by atoms with E-state index >= 15 is 0 Å². The number of unbranched alkanes of at least 4 members (excludes halogenated alkanes) is 1. The topological polar surface area (TPSA) is 0 Å². The molecule has 0 aliphatic rings. The van der Waals surface area contributed by atoms with Crippen molar-refractivity contribution in [2.45, 2.75) is 40.5 Å². The fraction of sp³-hybridized carbons (Fsp3) is 0.875. The van der Waals surface area contributed by atoms with E-state index in [1.54, 1.807) is 0 Å². The summed E-state index contributed by atoms with van der Waals surface area (Å²) in [7, 11) is 0. The van der Waals surface area contributed by atoms with Crippen LogP contribution in [0.2, 0.25) is 0 Å². The molecule has 0 rings (SSSR count). The van der Waals surface area contributed by atoms with Crippen LogP contribution in [0.5, 0.6) is 0 Å². The van der Waals surface area contributed by atoms with Crippen molar-refractivity contribution in [1.29, 1.82) is 0 Å². The minimum Gasteiger partial charge on any atom is -0.323 e. The molecule has 50 valence electrons.